The van der Waals surface area contributed by atoms with Gasteiger partial charge in [0.2, 0.25) is 11.8 Å². The number of nitrogens with zero attached hydrogens (tertiary/aromatic N) is 2. The molecule has 0 aromatic heterocycles. The first-order valence-corrected chi connectivity index (χ1v) is 18.6. The first-order valence-electron chi connectivity index (χ1n) is 15.2. The van der Waals surface area contributed by atoms with Crippen LogP contribution in [0.5, 0.6) is 0 Å². The van der Waals surface area contributed by atoms with E-state index in [9.17, 15) is 18.0 Å². The molecule has 0 bridgehead atoms. The van der Waals surface area contributed by atoms with Gasteiger partial charge in [0.1, 0.15) is 12.6 Å². The molecule has 4 rings (SSSR count). The predicted molar refractivity (Wildman–Crippen MR) is 193 cm³/mol. The average molecular weight is 713 g/mol. The second-order valence-corrected chi connectivity index (χ2v) is 15.2. The second kappa shape index (κ2) is 16.6. The van der Waals surface area contributed by atoms with Crippen molar-refractivity contribution in [1.82, 2.24) is 10.2 Å². The number of thioether (sulfide) groups is 1. The molecule has 0 spiro atoms. The molecule has 0 saturated carbocycles. The zero-order valence-corrected chi connectivity index (χ0v) is 30.0. The Hall–Kier alpha value is -3.50. The molecule has 2 amide bonds. The van der Waals surface area contributed by atoms with Crippen molar-refractivity contribution < 1.29 is 18.0 Å². The highest BCUT2D eigenvalue weighted by atomic mass is 35.5. The van der Waals surface area contributed by atoms with Crippen molar-refractivity contribution in [3.63, 3.8) is 0 Å². The molecule has 248 valence electrons. The third-order valence-corrected chi connectivity index (χ3v) is 10.8. The summed E-state index contributed by atoms with van der Waals surface area (Å²) in [6.45, 7) is 5.74. The van der Waals surface area contributed by atoms with E-state index in [1.165, 1.54) is 28.8 Å². The van der Waals surface area contributed by atoms with Gasteiger partial charge in [-0.3, -0.25) is 13.9 Å². The number of carbonyl (C=O) groups is 2. The van der Waals surface area contributed by atoms with Crippen molar-refractivity contribution in [2.24, 2.45) is 5.92 Å². The molecule has 0 saturated heterocycles. The molecular formula is C36H39Cl2N3O4S2. The Morgan fingerprint density at radius 1 is 0.851 bits per heavy atom. The number of anilines is 1. The van der Waals surface area contributed by atoms with Gasteiger partial charge in [0.15, 0.2) is 0 Å². The van der Waals surface area contributed by atoms with Gasteiger partial charge in [-0.25, -0.2) is 8.42 Å². The number of hydrogen-bond donors (Lipinski definition) is 1. The predicted octanol–water partition coefficient (Wildman–Crippen LogP) is 7.63. The van der Waals surface area contributed by atoms with Crippen molar-refractivity contribution >= 4 is 62.5 Å². The highest BCUT2D eigenvalue weighted by molar-refractivity contribution is 7.98. The molecule has 7 nitrogen and oxygen atoms in total. The molecule has 0 unspecified atom stereocenters. The van der Waals surface area contributed by atoms with Crippen LogP contribution in [0.15, 0.2) is 107 Å². The van der Waals surface area contributed by atoms with Crippen LogP contribution in [0.4, 0.5) is 5.69 Å². The van der Waals surface area contributed by atoms with Crippen molar-refractivity contribution in [2.45, 2.75) is 49.6 Å². The number of nitrogens with one attached hydrogen (secondary N) is 1. The van der Waals surface area contributed by atoms with E-state index in [2.05, 4.69) is 5.32 Å². The fraction of sp³-hybridized carbons (Fsp3) is 0.278. The molecule has 1 atom stereocenters. The lowest BCUT2D eigenvalue weighted by molar-refractivity contribution is -0.140. The zero-order valence-electron chi connectivity index (χ0n) is 26.8. The number of aryl methyl sites for hydroxylation is 1. The Kier molecular flexibility index (Phi) is 12.8. The van der Waals surface area contributed by atoms with Gasteiger partial charge in [-0.1, -0.05) is 91.1 Å². The van der Waals surface area contributed by atoms with Crippen LogP contribution in [0.2, 0.25) is 10.0 Å². The summed E-state index contributed by atoms with van der Waals surface area (Å²) in [7, 11) is -4.19. The first-order chi connectivity index (χ1) is 22.4. The maximum absolute atomic E-state index is 14.6. The van der Waals surface area contributed by atoms with Gasteiger partial charge in [0.05, 0.1) is 20.6 Å². The molecule has 0 aliphatic carbocycles. The van der Waals surface area contributed by atoms with Crippen molar-refractivity contribution in [1.29, 1.82) is 0 Å². The van der Waals surface area contributed by atoms with Crippen molar-refractivity contribution in [3.8, 4) is 0 Å². The number of carbonyl (C=O) groups excluding carboxylic acids is 2. The van der Waals surface area contributed by atoms with Crippen molar-refractivity contribution in [2.75, 3.05) is 23.7 Å². The molecule has 4 aromatic carbocycles. The Balaban J connectivity index is 1.81. The Labute approximate surface area is 292 Å². The molecule has 11 heteroatoms. The van der Waals surface area contributed by atoms with Crippen LogP contribution < -0.4 is 9.62 Å². The number of benzene rings is 4. The van der Waals surface area contributed by atoms with Crippen LogP contribution >= 0.6 is 35.0 Å². The van der Waals surface area contributed by atoms with E-state index < -0.39 is 28.5 Å². The summed E-state index contributed by atoms with van der Waals surface area (Å²) < 4.78 is 29.6. The summed E-state index contributed by atoms with van der Waals surface area (Å²) in [5, 5.41) is 3.65. The fourth-order valence-corrected chi connectivity index (χ4v) is 7.07. The molecule has 47 heavy (non-hydrogen) atoms. The van der Waals surface area contributed by atoms with Crippen LogP contribution in [0, 0.1) is 12.8 Å². The number of hydrogen-bond acceptors (Lipinski definition) is 5. The third-order valence-electron chi connectivity index (χ3n) is 7.54. The number of amides is 2. The Morgan fingerprint density at radius 3 is 2.11 bits per heavy atom. The monoisotopic (exact) mass is 711 g/mol. The van der Waals surface area contributed by atoms with E-state index in [0.29, 0.717) is 27.8 Å². The Bertz CT molecular complexity index is 1770. The quantitative estimate of drug-likeness (QED) is 0.136. The molecule has 0 aliphatic heterocycles. The molecule has 0 aliphatic rings. The van der Waals surface area contributed by atoms with E-state index in [1.54, 1.807) is 54.6 Å². The van der Waals surface area contributed by atoms with E-state index in [-0.39, 0.29) is 29.7 Å². The van der Waals surface area contributed by atoms with E-state index in [0.717, 1.165) is 20.3 Å². The van der Waals surface area contributed by atoms with Gasteiger partial charge in [0, 0.05) is 24.4 Å². The van der Waals surface area contributed by atoms with Crippen LogP contribution in [0.25, 0.3) is 0 Å². The molecule has 4 aromatic rings. The van der Waals surface area contributed by atoms with Crippen LogP contribution in [-0.2, 0) is 32.6 Å². The average Bonchev–Trinajstić information content (AvgIpc) is 3.06. The van der Waals surface area contributed by atoms with Gasteiger partial charge >= 0.3 is 0 Å². The molecule has 0 heterocycles. The zero-order chi connectivity index (χ0) is 34.1. The summed E-state index contributed by atoms with van der Waals surface area (Å²) >= 11 is 14.0. The van der Waals surface area contributed by atoms with Crippen molar-refractivity contribution in [3.05, 3.63) is 124 Å². The van der Waals surface area contributed by atoms with E-state index in [1.807, 2.05) is 57.4 Å². The minimum atomic E-state index is -4.19. The molecular weight excluding hydrogens is 673 g/mol. The summed E-state index contributed by atoms with van der Waals surface area (Å²) in [6, 6.07) is 27.0. The molecule has 0 radical (unpaired) electrons. The summed E-state index contributed by atoms with van der Waals surface area (Å²) in [5.74, 6) is -0.717. The highest BCUT2D eigenvalue weighted by Crippen LogP contribution is 2.28. The van der Waals surface area contributed by atoms with Gasteiger partial charge in [-0.2, -0.15) is 0 Å². The lowest BCUT2D eigenvalue weighted by Gasteiger charge is -2.34. The number of sulfonamides is 1. The SMILES string of the molecule is CSc1ccc(S(=O)(=O)N(CC(=O)N(Cc2ccc(Cl)c(Cl)c2)[C@H](Cc2ccccc2)C(=O)NCC(C)C)c2ccc(C)cc2)cc1. The smallest absolute Gasteiger partial charge is 0.264 e. The maximum Gasteiger partial charge on any atom is 0.264 e. The minimum absolute atomic E-state index is 0.00741. The maximum atomic E-state index is 14.6. The standard InChI is InChI=1S/C36H39Cl2N3O4S2/c1-25(2)22-39-36(43)34(21-27-8-6-5-7-9-27)40(23-28-12-19-32(37)33(38)20-28)35(42)24-41(29-13-10-26(3)11-14-29)47(44,45)31-17-15-30(46-4)16-18-31/h5-20,25,34H,21-24H2,1-4H3,(H,39,43)/t34-/m1/s1. The van der Waals surface area contributed by atoms with Crippen LogP contribution in [-0.4, -0.2) is 50.5 Å². The summed E-state index contributed by atoms with van der Waals surface area (Å²) in [4.78, 5) is 30.9. The largest absolute Gasteiger partial charge is 0.354 e. The van der Waals surface area contributed by atoms with Gasteiger partial charge < -0.3 is 10.2 Å². The number of rotatable bonds is 14. The highest BCUT2D eigenvalue weighted by Gasteiger charge is 2.34. The summed E-state index contributed by atoms with van der Waals surface area (Å²) in [5.41, 5.74) is 2.75. The first kappa shape index (κ1) is 36.3. The second-order valence-electron chi connectivity index (χ2n) is 11.6. The lowest BCUT2D eigenvalue weighted by Crippen LogP contribution is -2.53. The summed E-state index contributed by atoms with van der Waals surface area (Å²) in [6.07, 6.45) is 2.12. The molecule has 1 N–H and O–H groups in total. The minimum Gasteiger partial charge on any atom is -0.354 e. The van der Waals surface area contributed by atoms with Gasteiger partial charge in [0.25, 0.3) is 10.0 Å². The van der Waals surface area contributed by atoms with Crippen LogP contribution in [0.3, 0.4) is 0 Å². The van der Waals surface area contributed by atoms with E-state index >= 15 is 0 Å². The fourth-order valence-electron chi connectivity index (χ4n) is 4.93. The Morgan fingerprint density at radius 2 is 1.51 bits per heavy atom. The normalized spacial score (nSPS) is 12.1. The third kappa shape index (κ3) is 9.76. The van der Waals surface area contributed by atoms with E-state index in [4.69, 9.17) is 23.2 Å². The lowest BCUT2D eigenvalue weighted by atomic mass is 10.0. The van der Waals surface area contributed by atoms with Gasteiger partial charge in [-0.05, 0) is 78.8 Å². The van der Waals surface area contributed by atoms with Gasteiger partial charge in [-0.15, -0.1) is 11.8 Å². The molecule has 0 fully saturated rings. The number of halogens is 2. The topological polar surface area (TPSA) is 86.8 Å². The van der Waals surface area contributed by atoms with Crippen LogP contribution in [0.1, 0.15) is 30.5 Å².